The van der Waals surface area contributed by atoms with E-state index >= 15 is 0 Å². The van der Waals surface area contributed by atoms with Crippen LogP contribution in [-0.4, -0.2) is 35.3 Å². The number of alkyl carbamates (subject to hydrolysis) is 1. The van der Waals surface area contributed by atoms with Gasteiger partial charge in [-0.15, -0.1) is 0 Å². The molecule has 0 atom stereocenters. The lowest BCUT2D eigenvalue weighted by Crippen LogP contribution is -2.33. The van der Waals surface area contributed by atoms with Crippen LogP contribution in [0.2, 0.25) is 0 Å². The van der Waals surface area contributed by atoms with Gasteiger partial charge in [0.15, 0.2) is 0 Å². The van der Waals surface area contributed by atoms with Crippen molar-refractivity contribution >= 4 is 28.0 Å². The van der Waals surface area contributed by atoms with E-state index in [2.05, 4.69) is 33.5 Å². The zero-order valence-electron chi connectivity index (χ0n) is 18.3. The van der Waals surface area contributed by atoms with Crippen LogP contribution in [0.5, 0.6) is 5.75 Å². The van der Waals surface area contributed by atoms with Crippen LogP contribution >= 0.6 is 0 Å². The quantitative estimate of drug-likeness (QED) is 0.452. The number of hydrogen-bond donors (Lipinski definition) is 2. The summed E-state index contributed by atoms with van der Waals surface area (Å²) < 4.78 is 10.7. The molecule has 0 aliphatic heterocycles. The average Bonchev–Trinajstić information content (AvgIpc) is 3.10. The fourth-order valence-electron chi connectivity index (χ4n) is 3.68. The molecule has 4 rings (SSSR count). The summed E-state index contributed by atoms with van der Waals surface area (Å²) in [6.45, 7) is 6.07. The molecule has 0 fully saturated rings. The van der Waals surface area contributed by atoms with E-state index in [1.807, 2.05) is 57.3 Å². The first kappa shape index (κ1) is 20.7. The molecule has 31 heavy (non-hydrogen) atoms. The molecular formula is C25H27N3O3. The molecule has 2 aromatic carbocycles. The molecule has 1 amide bonds. The number of fused-ring (bicyclic) bond motifs is 3. The number of rotatable bonds is 5. The maximum Gasteiger partial charge on any atom is 0.407 e. The van der Waals surface area contributed by atoms with Crippen LogP contribution in [0, 0.1) is 0 Å². The number of carbonyl (C=O) groups is 1. The van der Waals surface area contributed by atoms with Crippen LogP contribution in [0.25, 0.3) is 33.1 Å². The average molecular weight is 418 g/mol. The van der Waals surface area contributed by atoms with Gasteiger partial charge in [0.2, 0.25) is 0 Å². The Balaban J connectivity index is 1.61. The number of benzene rings is 2. The minimum absolute atomic E-state index is 0.396. The summed E-state index contributed by atoms with van der Waals surface area (Å²) in [5, 5.41) is 4.97. The summed E-state index contributed by atoms with van der Waals surface area (Å²) in [7, 11) is 1.67. The normalized spacial score (nSPS) is 11.6. The number of pyridine rings is 1. The third kappa shape index (κ3) is 4.63. The Bertz CT molecular complexity index is 1240. The summed E-state index contributed by atoms with van der Waals surface area (Å²) in [6, 6.07) is 16.4. The van der Waals surface area contributed by atoms with Crippen LogP contribution in [0.3, 0.4) is 0 Å². The van der Waals surface area contributed by atoms with Gasteiger partial charge in [-0.2, -0.15) is 0 Å². The molecule has 0 aliphatic rings. The van der Waals surface area contributed by atoms with Gasteiger partial charge >= 0.3 is 6.09 Å². The number of nitrogens with one attached hydrogen (secondary N) is 2. The first-order chi connectivity index (χ1) is 14.8. The molecule has 0 bridgehead atoms. The number of ether oxygens (including phenoxy) is 2. The second-order valence-corrected chi connectivity index (χ2v) is 8.50. The zero-order chi connectivity index (χ0) is 22.0. The number of nitrogens with zero attached hydrogens (tertiary/aromatic N) is 1. The third-order valence-electron chi connectivity index (χ3n) is 5.02. The van der Waals surface area contributed by atoms with Gasteiger partial charge in [-0.05, 0) is 68.1 Å². The number of aromatic nitrogens is 2. The van der Waals surface area contributed by atoms with Gasteiger partial charge in [0.1, 0.15) is 17.0 Å². The molecule has 0 saturated carbocycles. The van der Waals surface area contributed by atoms with E-state index in [1.54, 1.807) is 7.11 Å². The molecule has 0 saturated heterocycles. The summed E-state index contributed by atoms with van der Waals surface area (Å²) in [4.78, 5) is 19.8. The third-order valence-corrected chi connectivity index (χ3v) is 5.02. The first-order valence-corrected chi connectivity index (χ1v) is 10.3. The predicted molar refractivity (Wildman–Crippen MR) is 124 cm³/mol. The van der Waals surface area contributed by atoms with Gasteiger partial charge < -0.3 is 19.8 Å². The van der Waals surface area contributed by atoms with E-state index in [-0.39, 0.29) is 0 Å². The van der Waals surface area contributed by atoms with Crippen molar-refractivity contribution < 1.29 is 14.3 Å². The standard InChI is InChI=1S/C25H27N3O3/c1-25(2,3)31-24(29)27-12-10-16-6-5-7-17(14-16)19-11-13-26-23-22(19)20-15-18(30-4)8-9-21(20)28-23/h5-9,11,13-15H,10,12H2,1-4H3,(H,26,28)(H,27,29). The Morgan fingerprint density at radius 3 is 2.74 bits per heavy atom. The molecule has 0 aliphatic carbocycles. The van der Waals surface area contributed by atoms with Gasteiger partial charge in [0.05, 0.1) is 7.11 Å². The Morgan fingerprint density at radius 2 is 1.97 bits per heavy atom. The van der Waals surface area contributed by atoms with E-state index in [1.165, 1.54) is 0 Å². The van der Waals surface area contributed by atoms with Crippen LogP contribution < -0.4 is 10.1 Å². The largest absolute Gasteiger partial charge is 0.497 e. The van der Waals surface area contributed by atoms with Gasteiger partial charge in [-0.25, -0.2) is 9.78 Å². The minimum Gasteiger partial charge on any atom is -0.497 e. The lowest BCUT2D eigenvalue weighted by Gasteiger charge is -2.19. The van der Waals surface area contributed by atoms with Crippen LogP contribution in [-0.2, 0) is 11.2 Å². The molecule has 6 heteroatoms. The van der Waals surface area contributed by atoms with Crippen molar-refractivity contribution in [2.45, 2.75) is 32.8 Å². The fourth-order valence-corrected chi connectivity index (χ4v) is 3.68. The Kier molecular flexibility index (Phi) is 5.55. The molecule has 160 valence electrons. The van der Waals surface area contributed by atoms with Crippen LogP contribution in [0.15, 0.2) is 54.7 Å². The number of carbonyl (C=O) groups excluding carboxylic acids is 1. The lowest BCUT2D eigenvalue weighted by molar-refractivity contribution is 0.0528. The number of H-pyrrole nitrogens is 1. The van der Waals surface area contributed by atoms with Gasteiger partial charge in [0, 0.05) is 29.0 Å². The Hall–Kier alpha value is -3.54. The highest BCUT2D eigenvalue weighted by Gasteiger charge is 2.16. The number of hydrogen-bond acceptors (Lipinski definition) is 4. The molecule has 0 radical (unpaired) electrons. The second kappa shape index (κ2) is 8.30. The maximum atomic E-state index is 11.9. The van der Waals surface area contributed by atoms with Crippen molar-refractivity contribution in [1.29, 1.82) is 0 Å². The molecule has 2 heterocycles. The van der Waals surface area contributed by atoms with Crippen molar-refractivity contribution in [2.75, 3.05) is 13.7 Å². The van der Waals surface area contributed by atoms with Crippen LogP contribution in [0.1, 0.15) is 26.3 Å². The summed E-state index contributed by atoms with van der Waals surface area (Å²) in [5.41, 5.74) is 4.71. The van der Waals surface area contributed by atoms with Crippen molar-refractivity contribution in [3.05, 3.63) is 60.3 Å². The Labute approximate surface area is 181 Å². The van der Waals surface area contributed by atoms with Gasteiger partial charge in [0.25, 0.3) is 0 Å². The maximum absolute atomic E-state index is 11.9. The highest BCUT2D eigenvalue weighted by atomic mass is 16.6. The summed E-state index contributed by atoms with van der Waals surface area (Å²) >= 11 is 0. The lowest BCUT2D eigenvalue weighted by atomic mass is 9.99. The molecule has 2 aromatic heterocycles. The topological polar surface area (TPSA) is 76.2 Å². The van der Waals surface area contributed by atoms with Crippen molar-refractivity contribution in [3.8, 4) is 16.9 Å². The summed E-state index contributed by atoms with van der Waals surface area (Å²) in [6.07, 6.45) is 2.14. The van der Waals surface area contributed by atoms with E-state index in [0.29, 0.717) is 13.0 Å². The van der Waals surface area contributed by atoms with Crippen molar-refractivity contribution in [1.82, 2.24) is 15.3 Å². The highest BCUT2D eigenvalue weighted by Crippen LogP contribution is 2.35. The van der Waals surface area contributed by atoms with E-state index in [9.17, 15) is 4.79 Å². The van der Waals surface area contributed by atoms with Crippen molar-refractivity contribution in [3.63, 3.8) is 0 Å². The van der Waals surface area contributed by atoms with Crippen LogP contribution in [0.4, 0.5) is 4.79 Å². The second-order valence-electron chi connectivity index (χ2n) is 8.50. The predicted octanol–water partition coefficient (Wildman–Crippen LogP) is 5.46. The number of amides is 1. The van der Waals surface area contributed by atoms with Crippen molar-refractivity contribution in [2.24, 2.45) is 0 Å². The molecule has 6 nitrogen and oxygen atoms in total. The van der Waals surface area contributed by atoms with Gasteiger partial charge in [-0.1, -0.05) is 24.3 Å². The molecule has 0 spiro atoms. The summed E-state index contributed by atoms with van der Waals surface area (Å²) in [5.74, 6) is 0.810. The molecule has 0 unspecified atom stereocenters. The smallest absolute Gasteiger partial charge is 0.407 e. The number of methoxy groups -OCH3 is 1. The van der Waals surface area contributed by atoms with Gasteiger partial charge in [-0.3, -0.25) is 0 Å². The first-order valence-electron chi connectivity index (χ1n) is 10.3. The Morgan fingerprint density at radius 1 is 1.13 bits per heavy atom. The molecule has 4 aromatic rings. The highest BCUT2D eigenvalue weighted by molar-refractivity contribution is 6.13. The van der Waals surface area contributed by atoms with E-state index < -0.39 is 11.7 Å². The van der Waals surface area contributed by atoms with E-state index in [0.717, 1.165) is 44.4 Å². The molecule has 2 N–H and O–H groups in total. The fraction of sp³-hybridized carbons (Fsp3) is 0.280. The monoisotopic (exact) mass is 417 g/mol. The minimum atomic E-state index is -0.501. The number of aromatic amines is 1. The van der Waals surface area contributed by atoms with E-state index in [4.69, 9.17) is 9.47 Å². The SMILES string of the molecule is COc1ccc2[nH]c3nccc(-c4cccc(CCNC(=O)OC(C)(C)C)c4)c3c2c1. The molecular weight excluding hydrogens is 390 g/mol. The zero-order valence-corrected chi connectivity index (χ0v) is 18.3.